The number of nitrogens with zero attached hydrogens (tertiary/aromatic N) is 4. The molecule has 0 unspecified atom stereocenters. The van der Waals surface area contributed by atoms with Gasteiger partial charge in [0.2, 0.25) is 0 Å². The molecule has 2 aliphatic rings. The Hall–Kier alpha value is -1.53. The Morgan fingerprint density at radius 1 is 1.24 bits per heavy atom. The first-order chi connectivity index (χ1) is 12.2. The minimum Gasteiger partial charge on any atom is -0.331 e. The van der Waals surface area contributed by atoms with Gasteiger partial charge in [0.1, 0.15) is 0 Å². The fourth-order valence-electron chi connectivity index (χ4n) is 3.93. The number of imidazole rings is 1. The zero-order valence-corrected chi connectivity index (χ0v) is 15.8. The third-order valence-corrected chi connectivity index (χ3v) is 6.13. The fraction of sp³-hybridized carbons (Fsp3) is 0.579. The molecule has 4 rings (SSSR count). The molecular weight excluding hydrogens is 332 g/mol. The Balaban J connectivity index is 1.64. The first-order valence-corrected chi connectivity index (χ1v) is 10.5. The van der Waals surface area contributed by atoms with Crippen LogP contribution in [0, 0.1) is 0 Å². The monoisotopic (exact) mass is 358 g/mol. The van der Waals surface area contributed by atoms with Crippen LogP contribution in [0.2, 0.25) is 0 Å². The van der Waals surface area contributed by atoms with Gasteiger partial charge < -0.3 is 9.80 Å². The zero-order chi connectivity index (χ0) is 17.4. The highest BCUT2D eigenvalue weighted by Gasteiger charge is 2.40. The van der Waals surface area contributed by atoms with Crippen LogP contribution in [0.25, 0.3) is 5.52 Å². The molecule has 134 valence electrons. The van der Waals surface area contributed by atoms with E-state index < -0.39 is 0 Å². The van der Waals surface area contributed by atoms with E-state index in [1.807, 2.05) is 35.1 Å². The van der Waals surface area contributed by atoms with Crippen LogP contribution >= 0.6 is 11.8 Å². The van der Waals surface area contributed by atoms with E-state index in [1.165, 1.54) is 0 Å². The molecular formula is C19H26N4OS. The molecule has 1 aliphatic heterocycles. The molecule has 0 N–H and O–H groups in total. The van der Waals surface area contributed by atoms with Crippen molar-refractivity contribution in [3.05, 3.63) is 30.1 Å². The van der Waals surface area contributed by atoms with Gasteiger partial charge in [-0.1, -0.05) is 24.8 Å². The molecule has 1 saturated carbocycles. The zero-order valence-electron chi connectivity index (χ0n) is 15.0. The molecule has 1 amide bonds. The van der Waals surface area contributed by atoms with Gasteiger partial charge in [0.25, 0.3) is 5.91 Å². The molecule has 6 heteroatoms. The Bertz CT molecular complexity index is 762. The molecule has 0 radical (unpaired) electrons. The lowest BCUT2D eigenvalue weighted by Crippen LogP contribution is -2.48. The van der Waals surface area contributed by atoms with E-state index in [9.17, 15) is 4.79 Å². The Labute approximate surface area is 153 Å². The number of amides is 1. The van der Waals surface area contributed by atoms with E-state index in [4.69, 9.17) is 0 Å². The summed E-state index contributed by atoms with van der Waals surface area (Å²) < 4.78 is 2.03. The predicted octanol–water partition coefficient (Wildman–Crippen LogP) is 3.15. The maximum atomic E-state index is 13.4. The van der Waals surface area contributed by atoms with Crippen molar-refractivity contribution in [3.63, 3.8) is 0 Å². The van der Waals surface area contributed by atoms with Crippen LogP contribution in [0.5, 0.6) is 0 Å². The number of carbonyl (C=O) groups is 1. The molecule has 25 heavy (non-hydrogen) atoms. The molecule has 1 aliphatic carbocycles. The molecule has 0 bridgehead atoms. The van der Waals surface area contributed by atoms with E-state index in [-0.39, 0.29) is 5.91 Å². The number of pyridine rings is 1. The van der Waals surface area contributed by atoms with Gasteiger partial charge in [-0.15, -0.1) is 0 Å². The van der Waals surface area contributed by atoms with Gasteiger partial charge in [0.15, 0.2) is 10.9 Å². The molecule has 0 aromatic carbocycles. The summed E-state index contributed by atoms with van der Waals surface area (Å²) in [5.74, 6) is 0.126. The van der Waals surface area contributed by atoms with Crippen LogP contribution in [0.4, 0.5) is 0 Å². The number of thioether (sulfide) groups is 1. The van der Waals surface area contributed by atoms with Gasteiger partial charge in [-0.25, -0.2) is 4.98 Å². The first-order valence-electron chi connectivity index (χ1n) is 9.29. The van der Waals surface area contributed by atoms with Gasteiger partial charge in [-0.2, -0.15) is 0 Å². The summed E-state index contributed by atoms with van der Waals surface area (Å²) in [5, 5.41) is 0.885. The van der Waals surface area contributed by atoms with Crippen LogP contribution in [-0.2, 0) is 0 Å². The highest BCUT2D eigenvalue weighted by atomic mass is 32.2. The van der Waals surface area contributed by atoms with Gasteiger partial charge >= 0.3 is 0 Å². The summed E-state index contributed by atoms with van der Waals surface area (Å²) in [6.45, 7) is 5.51. The van der Waals surface area contributed by atoms with Crippen LogP contribution < -0.4 is 0 Å². The number of aromatic nitrogens is 2. The topological polar surface area (TPSA) is 40.8 Å². The Kier molecular flexibility index (Phi) is 4.73. The van der Waals surface area contributed by atoms with Crippen molar-refractivity contribution in [1.82, 2.24) is 19.2 Å². The second-order valence-corrected chi connectivity index (χ2v) is 7.79. The Morgan fingerprint density at radius 3 is 2.60 bits per heavy atom. The highest BCUT2D eigenvalue weighted by molar-refractivity contribution is 7.98. The number of fused-ring (bicyclic) bond motifs is 1. The van der Waals surface area contributed by atoms with Crippen molar-refractivity contribution in [1.29, 1.82) is 0 Å². The lowest BCUT2D eigenvalue weighted by Gasteiger charge is -2.38. The summed E-state index contributed by atoms with van der Waals surface area (Å²) in [7, 11) is 0. The molecule has 5 nitrogen and oxygen atoms in total. The number of hydrogen-bond donors (Lipinski definition) is 0. The maximum Gasteiger partial charge on any atom is 0.275 e. The number of piperidine rings is 1. The van der Waals surface area contributed by atoms with Gasteiger partial charge in [-0.05, 0) is 50.6 Å². The van der Waals surface area contributed by atoms with Gasteiger partial charge in [0.05, 0.1) is 5.52 Å². The summed E-state index contributed by atoms with van der Waals surface area (Å²) in [5.41, 5.74) is 1.54. The van der Waals surface area contributed by atoms with E-state index in [0.717, 1.165) is 56.0 Å². The minimum absolute atomic E-state index is 0.126. The summed E-state index contributed by atoms with van der Waals surface area (Å²) in [6, 6.07) is 6.76. The highest BCUT2D eigenvalue weighted by Crippen LogP contribution is 2.34. The molecule has 1 saturated heterocycles. The van der Waals surface area contributed by atoms with Crippen LogP contribution in [0.15, 0.2) is 29.6 Å². The average molecular weight is 359 g/mol. The third kappa shape index (κ3) is 3.17. The number of rotatable bonds is 5. The average Bonchev–Trinajstić information content (AvgIpc) is 3.42. The summed E-state index contributed by atoms with van der Waals surface area (Å²) in [4.78, 5) is 22.8. The van der Waals surface area contributed by atoms with Crippen molar-refractivity contribution < 1.29 is 4.79 Å². The fourth-order valence-corrected chi connectivity index (χ4v) is 4.47. The third-order valence-electron chi connectivity index (χ3n) is 5.47. The van der Waals surface area contributed by atoms with E-state index >= 15 is 0 Å². The van der Waals surface area contributed by atoms with E-state index in [2.05, 4.69) is 21.7 Å². The standard InChI is InChI=1S/C19H26N4OS/c1-3-21-12-9-15(10-13-21)23(14-7-8-14)18(24)17-16-6-4-5-11-22(16)19(20-17)25-2/h4-6,11,14-15H,3,7-10,12-13H2,1-2H3. The normalized spacial score (nSPS) is 19.4. The molecule has 0 atom stereocenters. The van der Waals surface area contributed by atoms with E-state index in [1.54, 1.807) is 11.8 Å². The van der Waals surface area contributed by atoms with Crippen molar-refractivity contribution >= 4 is 23.2 Å². The van der Waals surface area contributed by atoms with Crippen molar-refractivity contribution in [2.24, 2.45) is 0 Å². The molecule has 0 spiro atoms. The summed E-state index contributed by atoms with van der Waals surface area (Å²) in [6.07, 6.45) is 8.44. The molecule has 2 aromatic heterocycles. The molecule has 2 aromatic rings. The van der Waals surface area contributed by atoms with Crippen molar-refractivity contribution in [2.75, 3.05) is 25.9 Å². The van der Waals surface area contributed by atoms with Crippen molar-refractivity contribution in [3.8, 4) is 0 Å². The van der Waals surface area contributed by atoms with Crippen LogP contribution in [-0.4, -0.2) is 63.1 Å². The minimum atomic E-state index is 0.126. The quantitative estimate of drug-likeness (QED) is 0.770. The number of hydrogen-bond acceptors (Lipinski definition) is 4. The maximum absolute atomic E-state index is 13.4. The number of carbonyl (C=O) groups excluding carboxylic acids is 1. The second kappa shape index (κ2) is 7.00. The molecule has 3 heterocycles. The largest absolute Gasteiger partial charge is 0.331 e. The second-order valence-electron chi connectivity index (χ2n) is 7.01. The predicted molar refractivity (Wildman–Crippen MR) is 101 cm³/mol. The SMILES string of the molecule is CCN1CCC(N(C(=O)c2nc(SC)n3ccccc23)C2CC2)CC1. The Morgan fingerprint density at radius 2 is 1.96 bits per heavy atom. The number of likely N-dealkylation sites (tertiary alicyclic amines) is 1. The van der Waals surface area contributed by atoms with E-state index in [0.29, 0.717) is 17.8 Å². The lowest BCUT2D eigenvalue weighted by atomic mass is 10.0. The smallest absolute Gasteiger partial charge is 0.275 e. The van der Waals surface area contributed by atoms with Crippen LogP contribution in [0.1, 0.15) is 43.1 Å². The summed E-state index contributed by atoms with van der Waals surface area (Å²) >= 11 is 1.59. The first kappa shape index (κ1) is 16.9. The van der Waals surface area contributed by atoms with Gasteiger partial charge in [0, 0.05) is 31.4 Å². The lowest BCUT2D eigenvalue weighted by molar-refractivity contribution is 0.0551. The van der Waals surface area contributed by atoms with Crippen molar-refractivity contribution in [2.45, 2.75) is 49.8 Å². The van der Waals surface area contributed by atoms with Crippen LogP contribution in [0.3, 0.4) is 0 Å². The molecule has 2 fully saturated rings. The van der Waals surface area contributed by atoms with Gasteiger partial charge in [-0.3, -0.25) is 9.20 Å².